The molecule has 16 heavy (non-hydrogen) atoms. The standard InChI is InChI=1S/C13H24N2O/c1-4-11(8-10-6-7-10)15-9(3)14-12(5-2)13(15)16/h9-12,14H,4-8H2,1-3H3. The van der Waals surface area contributed by atoms with E-state index in [0.717, 1.165) is 18.8 Å². The average molecular weight is 224 g/mol. The summed E-state index contributed by atoms with van der Waals surface area (Å²) in [5.41, 5.74) is 0. The highest BCUT2D eigenvalue weighted by Crippen LogP contribution is 2.36. The quantitative estimate of drug-likeness (QED) is 0.776. The summed E-state index contributed by atoms with van der Waals surface area (Å²) in [4.78, 5) is 14.3. The summed E-state index contributed by atoms with van der Waals surface area (Å²) in [5, 5.41) is 3.39. The number of nitrogens with one attached hydrogen (secondary N) is 1. The molecule has 3 unspecified atom stereocenters. The molecule has 2 rings (SSSR count). The Labute approximate surface area is 98.6 Å². The van der Waals surface area contributed by atoms with Crippen molar-refractivity contribution in [3.63, 3.8) is 0 Å². The number of carbonyl (C=O) groups excluding carboxylic acids is 1. The van der Waals surface area contributed by atoms with Crippen LogP contribution in [0.5, 0.6) is 0 Å². The minimum atomic E-state index is 0.0586. The van der Waals surface area contributed by atoms with Crippen LogP contribution in [0.4, 0.5) is 0 Å². The van der Waals surface area contributed by atoms with Crippen molar-refractivity contribution in [2.45, 2.75) is 71.1 Å². The highest BCUT2D eigenvalue weighted by Gasteiger charge is 2.40. The van der Waals surface area contributed by atoms with Crippen molar-refractivity contribution < 1.29 is 4.79 Å². The number of carbonyl (C=O) groups is 1. The third kappa shape index (κ3) is 2.24. The molecule has 0 spiro atoms. The van der Waals surface area contributed by atoms with Crippen LogP contribution in [0.3, 0.4) is 0 Å². The molecule has 1 amide bonds. The largest absolute Gasteiger partial charge is 0.323 e. The van der Waals surface area contributed by atoms with Crippen LogP contribution in [0.25, 0.3) is 0 Å². The van der Waals surface area contributed by atoms with Crippen LogP contribution < -0.4 is 5.32 Å². The van der Waals surface area contributed by atoms with E-state index in [2.05, 4.69) is 31.0 Å². The summed E-state index contributed by atoms with van der Waals surface area (Å²) >= 11 is 0. The van der Waals surface area contributed by atoms with Gasteiger partial charge in [0.25, 0.3) is 0 Å². The minimum Gasteiger partial charge on any atom is -0.323 e. The molecule has 1 saturated carbocycles. The van der Waals surface area contributed by atoms with Gasteiger partial charge in [0.2, 0.25) is 5.91 Å². The van der Waals surface area contributed by atoms with E-state index >= 15 is 0 Å². The highest BCUT2D eigenvalue weighted by molar-refractivity contribution is 5.84. The van der Waals surface area contributed by atoms with Crippen molar-refractivity contribution in [2.75, 3.05) is 0 Å². The van der Waals surface area contributed by atoms with Crippen LogP contribution in [0, 0.1) is 5.92 Å². The molecule has 0 bridgehead atoms. The van der Waals surface area contributed by atoms with E-state index in [-0.39, 0.29) is 12.2 Å². The topological polar surface area (TPSA) is 32.3 Å². The predicted molar refractivity (Wildman–Crippen MR) is 64.9 cm³/mol. The molecule has 1 N–H and O–H groups in total. The van der Waals surface area contributed by atoms with Gasteiger partial charge in [0, 0.05) is 6.04 Å². The molecule has 1 saturated heterocycles. The summed E-state index contributed by atoms with van der Waals surface area (Å²) in [6, 6.07) is 0.516. The van der Waals surface area contributed by atoms with Crippen molar-refractivity contribution in [1.82, 2.24) is 10.2 Å². The third-order valence-corrected chi connectivity index (χ3v) is 3.99. The zero-order chi connectivity index (χ0) is 11.7. The maximum Gasteiger partial charge on any atom is 0.241 e. The van der Waals surface area contributed by atoms with Gasteiger partial charge >= 0.3 is 0 Å². The number of rotatable bonds is 5. The second-order valence-corrected chi connectivity index (χ2v) is 5.29. The Hall–Kier alpha value is -0.570. The number of nitrogens with zero attached hydrogens (tertiary/aromatic N) is 1. The average Bonchev–Trinajstić information content (AvgIpc) is 3.03. The van der Waals surface area contributed by atoms with Crippen molar-refractivity contribution in [3.05, 3.63) is 0 Å². The molecule has 2 fully saturated rings. The highest BCUT2D eigenvalue weighted by atomic mass is 16.2. The van der Waals surface area contributed by atoms with Crippen molar-refractivity contribution in [2.24, 2.45) is 5.92 Å². The second kappa shape index (κ2) is 4.74. The predicted octanol–water partition coefficient (Wildman–Crippen LogP) is 2.12. The van der Waals surface area contributed by atoms with Gasteiger partial charge in [-0.25, -0.2) is 0 Å². The maximum atomic E-state index is 12.2. The van der Waals surface area contributed by atoms with Gasteiger partial charge in [-0.05, 0) is 32.1 Å². The van der Waals surface area contributed by atoms with E-state index in [1.165, 1.54) is 19.3 Å². The van der Waals surface area contributed by atoms with Crippen LogP contribution in [-0.2, 0) is 4.79 Å². The molecule has 1 heterocycles. The van der Waals surface area contributed by atoms with Crippen molar-refractivity contribution in [3.8, 4) is 0 Å². The Morgan fingerprint density at radius 1 is 1.44 bits per heavy atom. The summed E-state index contributed by atoms with van der Waals surface area (Å²) in [6.07, 6.45) is 6.17. The van der Waals surface area contributed by atoms with Gasteiger partial charge in [-0.2, -0.15) is 0 Å². The van der Waals surface area contributed by atoms with Crippen LogP contribution in [0.2, 0.25) is 0 Å². The third-order valence-electron chi connectivity index (χ3n) is 3.99. The molecule has 92 valence electrons. The van der Waals surface area contributed by atoms with E-state index in [0.29, 0.717) is 11.9 Å². The smallest absolute Gasteiger partial charge is 0.241 e. The number of hydrogen-bond acceptors (Lipinski definition) is 2. The zero-order valence-electron chi connectivity index (χ0n) is 10.7. The van der Waals surface area contributed by atoms with Gasteiger partial charge in [-0.1, -0.05) is 26.7 Å². The van der Waals surface area contributed by atoms with Crippen LogP contribution in [0.15, 0.2) is 0 Å². The molecule has 0 aromatic rings. The van der Waals surface area contributed by atoms with E-state index < -0.39 is 0 Å². The van der Waals surface area contributed by atoms with Crippen LogP contribution in [0.1, 0.15) is 52.9 Å². The van der Waals surface area contributed by atoms with Gasteiger partial charge in [0.15, 0.2) is 0 Å². The zero-order valence-corrected chi connectivity index (χ0v) is 10.7. The molecule has 1 aliphatic heterocycles. The molecule has 0 radical (unpaired) electrons. The van der Waals surface area contributed by atoms with E-state index in [1.807, 2.05) is 0 Å². The monoisotopic (exact) mass is 224 g/mol. The summed E-state index contributed by atoms with van der Waals surface area (Å²) < 4.78 is 0. The van der Waals surface area contributed by atoms with Gasteiger partial charge in [-0.3, -0.25) is 10.1 Å². The summed E-state index contributed by atoms with van der Waals surface area (Å²) in [5.74, 6) is 1.22. The number of hydrogen-bond donors (Lipinski definition) is 1. The Balaban J connectivity index is 2.01. The molecule has 3 atom stereocenters. The Kier molecular flexibility index (Phi) is 3.53. The first-order chi connectivity index (χ1) is 7.67. The van der Waals surface area contributed by atoms with Crippen molar-refractivity contribution >= 4 is 5.91 Å². The molecular formula is C13H24N2O. The van der Waals surface area contributed by atoms with Crippen LogP contribution in [-0.4, -0.2) is 29.1 Å². The lowest BCUT2D eigenvalue weighted by Crippen LogP contribution is -2.43. The molecule has 0 aromatic carbocycles. The first-order valence-electron chi connectivity index (χ1n) is 6.75. The summed E-state index contributed by atoms with van der Waals surface area (Å²) in [6.45, 7) is 6.39. The van der Waals surface area contributed by atoms with Gasteiger partial charge in [-0.15, -0.1) is 0 Å². The first-order valence-corrected chi connectivity index (χ1v) is 6.75. The molecule has 0 aromatic heterocycles. The normalized spacial score (nSPS) is 32.2. The fourth-order valence-electron chi connectivity index (χ4n) is 2.82. The van der Waals surface area contributed by atoms with Gasteiger partial charge < -0.3 is 4.90 Å². The van der Waals surface area contributed by atoms with Gasteiger partial charge in [0.1, 0.15) is 0 Å². The second-order valence-electron chi connectivity index (χ2n) is 5.29. The van der Waals surface area contributed by atoms with Crippen molar-refractivity contribution in [1.29, 1.82) is 0 Å². The van der Waals surface area contributed by atoms with E-state index in [4.69, 9.17) is 0 Å². The lowest BCUT2D eigenvalue weighted by molar-refractivity contribution is -0.132. The molecule has 3 heteroatoms. The molecule has 1 aliphatic carbocycles. The summed E-state index contributed by atoms with van der Waals surface area (Å²) in [7, 11) is 0. The fourth-order valence-corrected chi connectivity index (χ4v) is 2.82. The molecule has 2 aliphatic rings. The van der Waals surface area contributed by atoms with Crippen LogP contribution >= 0.6 is 0 Å². The lowest BCUT2D eigenvalue weighted by Gasteiger charge is -2.30. The SMILES string of the molecule is CCC1NC(C)N(C(CC)CC2CC2)C1=O. The minimum absolute atomic E-state index is 0.0586. The Morgan fingerprint density at radius 3 is 2.56 bits per heavy atom. The number of amides is 1. The molecular weight excluding hydrogens is 200 g/mol. The fraction of sp³-hybridized carbons (Fsp3) is 0.923. The van der Waals surface area contributed by atoms with E-state index in [1.54, 1.807) is 0 Å². The Morgan fingerprint density at radius 2 is 2.12 bits per heavy atom. The lowest BCUT2D eigenvalue weighted by atomic mass is 10.1. The molecule has 3 nitrogen and oxygen atoms in total. The first kappa shape index (κ1) is 11.9. The van der Waals surface area contributed by atoms with Gasteiger partial charge in [0.05, 0.1) is 12.2 Å². The Bertz CT molecular complexity index is 263. The maximum absolute atomic E-state index is 12.2. The van der Waals surface area contributed by atoms with E-state index in [9.17, 15) is 4.79 Å².